The van der Waals surface area contributed by atoms with Gasteiger partial charge in [-0.05, 0) is 24.1 Å². The van der Waals surface area contributed by atoms with E-state index in [1.807, 2.05) is 0 Å². The Bertz CT molecular complexity index is 102. The van der Waals surface area contributed by atoms with Gasteiger partial charge in [0.2, 0.25) is 0 Å². The monoisotopic (exact) mass is 160 g/mol. The third kappa shape index (κ3) is 1.05. The summed E-state index contributed by atoms with van der Waals surface area (Å²) in [5, 5.41) is 0. The predicted octanol–water partition coefficient (Wildman–Crippen LogP) is 2.98. The molecule has 0 aromatic heterocycles. The Hall–Kier alpha value is 0.507. The van der Waals surface area contributed by atoms with Crippen LogP contribution in [0.3, 0.4) is 0 Å². The average Bonchev–Trinajstić information content (AvgIpc) is 1.90. The standard InChI is InChI=1S/C7H13ClSi/c8-9-4-1-7(2-5-9)3-6-9/h7H,1-6H2. The molecule has 3 saturated heterocycles. The lowest BCUT2D eigenvalue weighted by Gasteiger charge is -2.40. The van der Waals surface area contributed by atoms with E-state index in [1.165, 1.54) is 37.4 Å². The second-order valence-corrected chi connectivity index (χ2v) is 9.84. The highest BCUT2D eigenvalue weighted by Crippen LogP contribution is 2.46. The van der Waals surface area contributed by atoms with Crippen molar-refractivity contribution < 1.29 is 0 Å². The van der Waals surface area contributed by atoms with Crippen molar-refractivity contribution in [1.29, 1.82) is 0 Å². The summed E-state index contributed by atoms with van der Waals surface area (Å²) in [6.45, 7) is 0. The molecule has 3 aliphatic heterocycles. The zero-order chi connectivity index (χ0) is 6.32. The van der Waals surface area contributed by atoms with Gasteiger partial charge < -0.3 is 0 Å². The maximum atomic E-state index is 6.44. The van der Waals surface area contributed by atoms with E-state index in [4.69, 9.17) is 11.1 Å². The average molecular weight is 161 g/mol. The van der Waals surface area contributed by atoms with Crippen LogP contribution in [0, 0.1) is 5.92 Å². The first kappa shape index (κ1) is 6.23. The first-order valence-corrected chi connectivity index (χ1v) is 7.61. The summed E-state index contributed by atoms with van der Waals surface area (Å²) in [5.74, 6) is 1.08. The largest absolute Gasteiger partial charge is 0.167 e. The molecule has 9 heavy (non-hydrogen) atoms. The minimum atomic E-state index is -1.07. The van der Waals surface area contributed by atoms with Gasteiger partial charge in [0, 0.05) is 0 Å². The van der Waals surface area contributed by atoms with Crippen LogP contribution in [0.5, 0.6) is 0 Å². The molecule has 0 radical (unpaired) electrons. The van der Waals surface area contributed by atoms with E-state index >= 15 is 0 Å². The van der Waals surface area contributed by atoms with Gasteiger partial charge in [-0.1, -0.05) is 19.3 Å². The van der Waals surface area contributed by atoms with Crippen LogP contribution in [0.25, 0.3) is 0 Å². The molecule has 2 heteroatoms. The molecule has 0 aromatic rings. The van der Waals surface area contributed by atoms with Crippen molar-refractivity contribution in [2.45, 2.75) is 37.4 Å². The Morgan fingerprint density at radius 3 is 1.67 bits per heavy atom. The van der Waals surface area contributed by atoms with Gasteiger partial charge in [0.05, 0.1) is 0 Å². The quantitative estimate of drug-likeness (QED) is 0.378. The van der Waals surface area contributed by atoms with Gasteiger partial charge >= 0.3 is 0 Å². The first-order chi connectivity index (χ1) is 4.29. The van der Waals surface area contributed by atoms with E-state index in [9.17, 15) is 0 Å². The Labute approximate surface area is 62.3 Å². The zero-order valence-electron chi connectivity index (χ0n) is 5.70. The van der Waals surface area contributed by atoms with Crippen LogP contribution >= 0.6 is 11.1 Å². The molecular formula is C7H13ClSi. The second-order valence-electron chi connectivity index (χ2n) is 3.63. The molecule has 0 aromatic carbocycles. The molecule has 3 heterocycles. The molecule has 3 rings (SSSR count). The van der Waals surface area contributed by atoms with E-state index in [0.717, 1.165) is 5.92 Å². The van der Waals surface area contributed by atoms with E-state index in [-0.39, 0.29) is 0 Å². The SMILES string of the molecule is Cl[Si]12CCC(CC1)CC2. The topological polar surface area (TPSA) is 0 Å². The minimum absolute atomic E-state index is 1.07. The van der Waals surface area contributed by atoms with Gasteiger partial charge in [0.1, 0.15) is 0 Å². The molecule has 3 aliphatic rings. The molecule has 0 aliphatic carbocycles. The summed E-state index contributed by atoms with van der Waals surface area (Å²) in [6.07, 6.45) is 4.40. The zero-order valence-corrected chi connectivity index (χ0v) is 7.45. The van der Waals surface area contributed by atoms with Crippen molar-refractivity contribution in [2.24, 2.45) is 5.92 Å². The van der Waals surface area contributed by atoms with Gasteiger partial charge in [-0.2, -0.15) is 11.1 Å². The lowest BCUT2D eigenvalue weighted by atomic mass is 9.99. The van der Waals surface area contributed by atoms with Gasteiger partial charge in [-0.15, -0.1) is 0 Å². The number of fused-ring (bicyclic) bond motifs is 3. The smallest absolute Gasteiger partial charge is 0.156 e. The molecule has 0 saturated carbocycles. The first-order valence-electron chi connectivity index (χ1n) is 3.97. The maximum absolute atomic E-state index is 6.44. The van der Waals surface area contributed by atoms with Crippen LogP contribution in [-0.4, -0.2) is 7.38 Å². The van der Waals surface area contributed by atoms with E-state index < -0.39 is 7.38 Å². The molecule has 3 fully saturated rings. The van der Waals surface area contributed by atoms with Crippen molar-refractivity contribution in [2.75, 3.05) is 0 Å². The van der Waals surface area contributed by atoms with Crippen molar-refractivity contribution in [1.82, 2.24) is 0 Å². The number of halogens is 1. The fourth-order valence-corrected chi connectivity index (χ4v) is 6.71. The molecule has 0 spiro atoms. The number of rotatable bonds is 0. The van der Waals surface area contributed by atoms with E-state index in [0.29, 0.717) is 0 Å². The van der Waals surface area contributed by atoms with E-state index in [2.05, 4.69) is 0 Å². The molecule has 2 bridgehead atoms. The number of hydrogen-bond donors (Lipinski definition) is 0. The summed E-state index contributed by atoms with van der Waals surface area (Å²) in [6, 6.07) is 4.29. The Balaban J connectivity index is 2.11. The molecular weight excluding hydrogens is 148 g/mol. The summed E-state index contributed by atoms with van der Waals surface area (Å²) in [4.78, 5) is 0. The number of hydrogen-bond acceptors (Lipinski definition) is 0. The third-order valence-electron chi connectivity index (χ3n) is 3.00. The summed E-state index contributed by atoms with van der Waals surface area (Å²) in [5.41, 5.74) is 0. The lowest BCUT2D eigenvalue weighted by molar-refractivity contribution is 0.422. The summed E-state index contributed by atoms with van der Waals surface area (Å²) in [7, 11) is -1.07. The van der Waals surface area contributed by atoms with Crippen molar-refractivity contribution in [3.8, 4) is 0 Å². The molecule has 0 nitrogen and oxygen atoms in total. The fourth-order valence-electron chi connectivity index (χ4n) is 2.20. The Kier molecular flexibility index (Phi) is 1.38. The van der Waals surface area contributed by atoms with Crippen LogP contribution in [0.4, 0.5) is 0 Å². The van der Waals surface area contributed by atoms with Gasteiger partial charge in [-0.25, -0.2) is 0 Å². The van der Waals surface area contributed by atoms with Crippen LogP contribution in [-0.2, 0) is 0 Å². The molecule has 0 amide bonds. The molecule has 0 unspecified atom stereocenters. The molecule has 52 valence electrons. The summed E-state index contributed by atoms with van der Waals surface area (Å²) < 4.78 is 0. The highest BCUT2D eigenvalue weighted by Gasteiger charge is 2.40. The normalized spacial score (nSPS) is 49.7. The molecule has 0 N–H and O–H groups in total. The highest BCUT2D eigenvalue weighted by molar-refractivity contribution is 7.20. The third-order valence-corrected chi connectivity index (χ3v) is 8.26. The molecule has 0 atom stereocenters. The van der Waals surface area contributed by atoms with Crippen LogP contribution in [0.2, 0.25) is 18.1 Å². The minimum Gasteiger partial charge on any atom is -0.167 e. The Morgan fingerprint density at radius 2 is 1.44 bits per heavy atom. The second kappa shape index (κ2) is 1.99. The predicted molar refractivity (Wildman–Crippen MR) is 43.4 cm³/mol. The van der Waals surface area contributed by atoms with Crippen LogP contribution in [0.15, 0.2) is 0 Å². The van der Waals surface area contributed by atoms with Crippen molar-refractivity contribution in [3.05, 3.63) is 0 Å². The van der Waals surface area contributed by atoms with Crippen LogP contribution in [0.1, 0.15) is 19.3 Å². The highest BCUT2D eigenvalue weighted by atomic mass is 35.6. The van der Waals surface area contributed by atoms with Crippen LogP contribution < -0.4 is 0 Å². The Morgan fingerprint density at radius 1 is 1.00 bits per heavy atom. The van der Waals surface area contributed by atoms with Gasteiger partial charge in [0.15, 0.2) is 7.38 Å². The maximum Gasteiger partial charge on any atom is 0.156 e. The van der Waals surface area contributed by atoms with E-state index in [1.54, 1.807) is 0 Å². The summed E-state index contributed by atoms with van der Waals surface area (Å²) >= 11 is 6.44. The fraction of sp³-hybridized carbons (Fsp3) is 1.00. The van der Waals surface area contributed by atoms with Crippen molar-refractivity contribution in [3.63, 3.8) is 0 Å². The van der Waals surface area contributed by atoms with Crippen molar-refractivity contribution >= 4 is 18.5 Å². The lowest BCUT2D eigenvalue weighted by Crippen LogP contribution is -2.38. The van der Waals surface area contributed by atoms with Gasteiger partial charge in [-0.3, -0.25) is 0 Å². The van der Waals surface area contributed by atoms with Gasteiger partial charge in [0.25, 0.3) is 0 Å².